The Labute approximate surface area is 153 Å². The number of ether oxygens (including phenoxy) is 3. The Kier molecular flexibility index (Phi) is 6.24. The van der Waals surface area contributed by atoms with Crippen LogP contribution < -0.4 is 20.5 Å². The third-order valence-corrected chi connectivity index (χ3v) is 3.75. The molecule has 132 valence electrons. The van der Waals surface area contributed by atoms with Crippen molar-refractivity contribution in [2.24, 2.45) is 0 Å². The number of benzene rings is 2. The molecular weight excluding hydrogens is 392 g/mol. The molecular formula is C17H17BrN2O5. The van der Waals surface area contributed by atoms with Gasteiger partial charge in [0.15, 0.2) is 6.61 Å². The maximum atomic E-state index is 12.0. The quantitative estimate of drug-likeness (QED) is 0.562. The molecule has 0 atom stereocenters. The van der Waals surface area contributed by atoms with Gasteiger partial charge in [0, 0.05) is 16.2 Å². The topological polar surface area (TPSA) is 99.9 Å². The first kappa shape index (κ1) is 18.6. The summed E-state index contributed by atoms with van der Waals surface area (Å²) < 4.78 is 16.0. The van der Waals surface area contributed by atoms with E-state index in [1.165, 1.54) is 20.3 Å². The van der Waals surface area contributed by atoms with E-state index >= 15 is 0 Å². The van der Waals surface area contributed by atoms with Crippen LogP contribution in [0.2, 0.25) is 0 Å². The number of hydrogen-bond donors (Lipinski definition) is 2. The van der Waals surface area contributed by atoms with Gasteiger partial charge in [-0.15, -0.1) is 0 Å². The van der Waals surface area contributed by atoms with Gasteiger partial charge in [-0.25, -0.2) is 4.79 Å². The standard InChI is InChI=1S/C17H17BrN2O5/c1-23-11-4-6-14(15(8-11)24-2)20-16(21)9-25-17(22)12-7-10(18)3-5-13(12)19/h3-8H,9,19H2,1-2H3,(H,20,21). The third-order valence-electron chi connectivity index (χ3n) is 3.25. The minimum absolute atomic E-state index is 0.184. The average molecular weight is 409 g/mol. The second-order valence-electron chi connectivity index (χ2n) is 4.92. The van der Waals surface area contributed by atoms with E-state index in [-0.39, 0.29) is 11.3 Å². The largest absolute Gasteiger partial charge is 0.497 e. The predicted molar refractivity (Wildman–Crippen MR) is 97.0 cm³/mol. The Morgan fingerprint density at radius 2 is 1.88 bits per heavy atom. The van der Waals surface area contributed by atoms with Gasteiger partial charge in [0.25, 0.3) is 5.91 Å². The number of esters is 1. The number of carbonyl (C=O) groups excluding carboxylic acids is 2. The van der Waals surface area contributed by atoms with Crippen LogP contribution in [0.4, 0.5) is 11.4 Å². The van der Waals surface area contributed by atoms with Crippen molar-refractivity contribution in [2.45, 2.75) is 0 Å². The molecule has 0 saturated heterocycles. The van der Waals surface area contributed by atoms with Gasteiger partial charge in [0.05, 0.1) is 25.5 Å². The molecule has 0 saturated carbocycles. The second-order valence-corrected chi connectivity index (χ2v) is 5.84. The Morgan fingerprint density at radius 1 is 1.12 bits per heavy atom. The minimum atomic E-state index is -0.685. The summed E-state index contributed by atoms with van der Waals surface area (Å²) in [5.74, 6) is -0.178. The normalized spacial score (nSPS) is 10.0. The minimum Gasteiger partial charge on any atom is -0.497 e. The Morgan fingerprint density at radius 3 is 2.56 bits per heavy atom. The zero-order valence-corrected chi connectivity index (χ0v) is 15.3. The molecule has 0 aromatic heterocycles. The lowest BCUT2D eigenvalue weighted by molar-refractivity contribution is -0.119. The maximum Gasteiger partial charge on any atom is 0.340 e. The summed E-state index contributed by atoms with van der Waals surface area (Å²) in [5.41, 5.74) is 6.62. The fraction of sp³-hybridized carbons (Fsp3) is 0.176. The molecule has 0 bridgehead atoms. The van der Waals surface area contributed by atoms with Gasteiger partial charge in [-0.1, -0.05) is 15.9 Å². The zero-order chi connectivity index (χ0) is 18.4. The molecule has 0 fully saturated rings. The number of nitrogens with one attached hydrogen (secondary N) is 1. The summed E-state index contributed by atoms with van der Waals surface area (Å²) in [4.78, 5) is 24.0. The Balaban J connectivity index is 1.99. The van der Waals surface area contributed by atoms with Crippen molar-refractivity contribution >= 4 is 39.2 Å². The number of hydrogen-bond acceptors (Lipinski definition) is 6. The summed E-state index contributed by atoms with van der Waals surface area (Å²) in [6, 6.07) is 9.74. The number of rotatable bonds is 6. The van der Waals surface area contributed by atoms with Crippen molar-refractivity contribution in [3.63, 3.8) is 0 Å². The number of halogens is 1. The van der Waals surface area contributed by atoms with Crippen LogP contribution >= 0.6 is 15.9 Å². The number of carbonyl (C=O) groups is 2. The van der Waals surface area contributed by atoms with Gasteiger partial charge in [-0.05, 0) is 30.3 Å². The predicted octanol–water partition coefficient (Wildman–Crippen LogP) is 2.84. The van der Waals surface area contributed by atoms with E-state index in [1.54, 1.807) is 30.3 Å². The van der Waals surface area contributed by atoms with E-state index in [9.17, 15) is 9.59 Å². The number of methoxy groups -OCH3 is 2. The zero-order valence-electron chi connectivity index (χ0n) is 13.7. The molecule has 3 N–H and O–H groups in total. The Bertz CT molecular complexity index is 795. The van der Waals surface area contributed by atoms with E-state index in [0.717, 1.165) is 0 Å². The highest BCUT2D eigenvalue weighted by atomic mass is 79.9. The molecule has 7 nitrogen and oxygen atoms in total. The van der Waals surface area contributed by atoms with Crippen LogP contribution in [0.15, 0.2) is 40.9 Å². The van der Waals surface area contributed by atoms with Gasteiger partial charge in [0.2, 0.25) is 0 Å². The van der Waals surface area contributed by atoms with Crippen molar-refractivity contribution in [1.29, 1.82) is 0 Å². The van der Waals surface area contributed by atoms with Crippen molar-refractivity contribution in [2.75, 3.05) is 31.9 Å². The summed E-state index contributed by atoms with van der Waals surface area (Å²) >= 11 is 3.25. The van der Waals surface area contributed by atoms with Gasteiger partial charge >= 0.3 is 5.97 Å². The second kappa shape index (κ2) is 8.39. The lowest BCUT2D eigenvalue weighted by Gasteiger charge is -2.12. The number of anilines is 2. The first-order valence-electron chi connectivity index (χ1n) is 7.18. The molecule has 0 unspecified atom stereocenters. The fourth-order valence-corrected chi connectivity index (χ4v) is 2.36. The fourth-order valence-electron chi connectivity index (χ4n) is 2.00. The van der Waals surface area contributed by atoms with Crippen LogP contribution in [0, 0.1) is 0 Å². The molecule has 0 spiro atoms. The van der Waals surface area contributed by atoms with Crippen molar-refractivity contribution in [3.8, 4) is 11.5 Å². The Hall–Kier alpha value is -2.74. The first-order valence-corrected chi connectivity index (χ1v) is 7.98. The maximum absolute atomic E-state index is 12.0. The lowest BCUT2D eigenvalue weighted by Crippen LogP contribution is -2.21. The SMILES string of the molecule is COc1ccc(NC(=O)COC(=O)c2cc(Br)ccc2N)c(OC)c1. The van der Waals surface area contributed by atoms with E-state index in [0.29, 0.717) is 21.7 Å². The van der Waals surface area contributed by atoms with Crippen molar-refractivity contribution in [1.82, 2.24) is 0 Å². The summed E-state index contributed by atoms with van der Waals surface area (Å²) in [6.07, 6.45) is 0. The molecule has 2 aromatic carbocycles. The van der Waals surface area contributed by atoms with Crippen LogP contribution in [-0.4, -0.2) is 32.7 Å². The first-order chi connectivity index (χ1) is 11.9. The van der Waals surface area contributed by atoms with Crippen LogP contribution in [0.5, 0.6) is 11.5 Å². The van der Waals surface area contributed by atoms with Crippen molar-refractivity contribution < 1.29 is 23.8 Å². The monoisotopic (exact) mass is 408 g/mol. The van der Waals surface area contributed by atoms with Gasteiger partial charge < -0.3 is 25.3 Å². The van der Waals surface area contributed by atoms with Gasteiger partial charge in [0.1, 0.15) is 11.5 Å². The molecule has 2 aromatic rings. The highest BCUT2D eigenvalue weighted by Crippen LogP contribution is 2.29. The van der Waals surface area contributed by atoms with E-state index in [1.807, 2.05) is 0 Å². The molecule has 8 heteroatoms. The van der Waals surface area contributed by atoms with Crippen LogP contribution in [0.1, 0.15) is 10.4 Å². The lowest BCUT2D eigenvalue weighted by atomic mass is 10.2. The highest BCUT2D eigenvalue weighted by Gasteiger charge is 2.15. The molecule has 0 aliphatic carbocycles. The smallest absolute Gasteiger partial charge is 0.340 e. The van der Waals surface area contributed by atoms with E-state index < -0.39 is 18.5 Å². The van der Waals surface area contributed by atoms with Gasteiger partial charge in [-0.2, -0.15) is 0 Å². The summed E-state index contributed by atoms with van der Waals surface area (Å²) in [7, 11) is 3.00. The van der Waals surface area contributed by atoms with E-state index in [4.69, 9.17) is 19.9 Å². The molecule has 0 aliphatic heterocycles. The molecule has 2 rings (SSSR count). The summed E-state index contributed by atoms with van der Waals surface area (Å²) in [6.45, 7) is -0.458. The van der Waals surface area contributed by atoms with E-state index in [2.05, 4.69) is 21.2 Å². The highest BCUT2D eigenvalue weighted by molar-refractivity contribution is 9.10. The molecule has 25 heavy (non-hydrogen) atoms. The number of nitrogen functional groups attached to an aromatic ring is 1. The third kappa shape index (κ3) is 4.87. The summed E-state index contributed by atoms with van der Waals surface area (Å²) in [5, 5.41) is 2.61. The number of nitrogens with two attached hydrogens (primary N) is 1. The van der Waals surface area contributed by atoms with Crippen LogP contribution in [-0.2, 0) is 9.53 Å². The van der Waals surface area contributed by atoms with Crippen molar-refractivity contribution in [3.05, 3.63) is 46.4 Å². The molecule has 1 amide bonds. The van der Waals surface area contributed by atoms with Gasteiger partial charge in [-0.3, -0.25) is 4.79 Å². The average Bonchev–Trinajstić information content (AvgIpc) is 2.62. The molecule has 0 radical (unpaired) electrons. The van der Waals surface area contributed by atoms with Crippen LogP contribution in [0.3, 0.4) is 0 Å². The molecule has 0 heterocycles. The van der Waals surface area contributed by atoms with Crippen LogP contribution in [0.25, 0.3) is 0 Å². The number of amides is 1. The molecule has 0 aliphatic rings.